The molecule has 4 bridgehead atoms. The van der Waals surface area contributed by atoms with E-state index >= 15 is 0 Å². The number of nitrogens with one attached hydrogen (secondary N) is 3. The Bertz CT molecular complexity index is 1440. The number of amides is 1. The van der Waals surface area contributed by atoms with Crippen LogP contribution in [-0.2, 0) is 16.8 Å². The van der Waals surface area contributed by atoms with Gasteiger partial charge in [0.2, 0.25) is 0 Å². The van der Waals surface area contributed by atoms with Gasteiger partial charge in [-0.2, -0.15) is 0 Å². The Kier molecular flexibility index (Phi) is 10.7. The third kappa shape index (κ3) is 7.95. The molecule has 2 aliphatic heterocycles. The zero-order valence-corrected chi connectivity index (χ0v) is 28.1. The fourth-order valence-corrected chi connectivity index (χ4v) is 6.55. The fourth-order valence-electron chi connectivity index (χ4n) is 5.95. The van der Waals surface area contributed by atoms with Crippen molar-refractivity contribution >= 4 is 35.8 Å². The van der Waals surface area contributed by atoms with Crippen molar-refractivity contribution in [3.63, 3.8) is 0 Å². The molecule has 10 heteroatoms. The van der Waals surface area contributed by atoms with Gasteiger partial charge < -0.3 is 20.3 Å². The number of aromatic nitrogens is 3. The van der Waals surface area contributed by atoms with Crippen molar-refractivity contribution < 1.29 is 9.59 Å². The van der Waals surface area contributed by atoms with Gasteiger partial charge in [0.25, 0.3) is 5.91 Å². The molecule has 0 aromatic carbocycles. The number of carbonyl (C=O) groups is 2. The number of fused-ring (bicyclic) bond motifs is 6. The van der Waals surface area contributed by atoms with E-state index in [2.05, 4.69) is 73.9 Å². The Morgan fingerprint density at radius 3 is 2.55 bits per heavy atom. The molecule has 3 N–H and O–H groups in total. The van der Waals surface area contributed by atoms with Crippen molar-refractivity contribution in [2.45, 2.75) is 89.9 Å². The van der Waals surface area contributed by atoms with Gasteiger partial charge in [-0.15, -0.1) is 0 Å². The Balaban J connectivity index is 0.00000141. The molecule has 9 nitrogen and oxygen atoms in total. The van der Waals surface area contributed by atoms with E-state index in [4.69, 9.17) is 19.7 Å². The highest BCUT2D eigenvalue weighted by molar-refractivity contribution is 7.97. The van der Waals surface area contributed by atoms with Crippen LogP contribution >= 0.6 is 11.9 Å². The van der Waals surface area contributed by atoms with E-state index in [9.17, 15) is 4.79 Å². The van der Waals surface area contributed by atoms with Crippen LogP contribution in [0.3, 0.4) is 0 Å². The second-order valence-electron chi connectivity index (χ2n) is 13.4. The largest absolute Gasteiger partial charge is 0.362 e. The molecule has 1 fully saturated rings. The molecule has 0 spiro atoms. The molecular weight excluding hydrogens is 570 g/mol. The number of carbonyl (C=O) groups excluding carboxylic acids is 2. The van der Waals surface area contributed by atoms with Crippen molar-refractivity contribution in [3.8, 4) is 0 Å². The quantitative estimate of drug-likeness (QED) is 0.229. The van der Waals surface area contributed by atoms with Gasteiger partial charge in [-0.1, -0.05) is 39.8 Å². The summed E-state index contributed by atoms with van der Waals surface area (Å²) >= 11 is 1.23. The molecule has 0 saturated carbocycles. The van der Waals surface area contributed by atoms with Crippen LogP contribution < -0.4 is 20.3 Å². The minimum Gasteiger partial charge on any atom is -0.362 e. The molecule has 3 aromatic heterocycles. The molecule has 0 aliphatic carbocycles. The lowest BCUT2D eigenvalue weighted by Gasteiger charge is -2.34. The van der Waals surface area contributed by atoms with Crippen LogP contribution in [0.2, 0.25) is 0 Å². The van der Waals surface area contributed by atoms with E-state index in [0.717, 1.165) is 60.8 Å². The molecule has 5 rings (SSSR count). The van der Waals surface area contributed by atoms with Crippen molar-refractivity contribution in [1.82, 2.24) is 25.0 Å². The first-order valence-corrected chi connectivity index (χ1v) is 16.2. The average Bonchev–Trinajstić information content (AvgIpc) is 3.30. The minimum atomic E-state index is -0.163. The highest BCUT2D eigenvalue weighted by Gasteiger charge is 2.43. The standard InChI is InChI=1S/C32H43N7OS.C2H4O/c1-20-15-25(24-13-11-21(17-33-7)18-34-24)35-27-9-8-10-28(37-27)41-38-30(40)23-12-14-26(31(2,3)4)36-29(23)39-19-22(20)16-32(39,5)6;1-2-3/h8-14,18,20,22,25,33H,15-17,19H2,1-7H3,(H,35,37)(H,38,40);2H,1H3. The van der Waals surface area contributed by atoms with Crippen molar-refractivity contribution in [1.29, 1.82) is 0 Å². The first-order chi connectivity index (χ1) is 20.9. The summed E-state index contributed by atoms with van der Waals surface area (Å²) in [5.41, 5.74) is 3.46. The van der Waals surface area contributed by atoms with Crippen LogP contribution in [-0.4, -0.2) is 46.3 Å². The van der Waals surface area contributed by atoms with Crippen LogP contribution in [0.1, 0.15) is 94.7 Å². The Morgan fingerprint density at radius 2 is 1.89 bits per heavy atom. The van der Waals surface area contributed by atoms with Crippen molar-refractivity contribution in [2.75, 3.05) is 23.8 Å². The first-order valence-electron chi connectivity index (χ1n) is 15.4. The molecule has 3 aromatic rings. The smallest absolute Gasteiger partial charge is 0.265 e. The Morgan fingerprint density at radius 1 is 1.14 bits per heavy atom. The van der Waals surface area contributed by atoms with Gasteiger partial charge in [0, 0.05) is 47.9 Å². The molecule has 5 heterocycles. The van der Waals surface area contributed by atoms with Gasteiger partial charge in [0.15, 0.2) is 0 Å². The van der Waals surface area contributed by atoms with Crippen LogP contribution in [0.4, 0.5) is 11.6 Å². The summed E-state index contributed by atoms with van der Waals surface area (Å²) in [5.74, 6) is 2.18. The maximum Gasteiger partial charge on any atom is 0.265 e. The predicted molar refractivity (Wildman–Crippen MR) is 179 cm³/mol. The summed E-state index contributed by atoms with van der Waals surface area (Å²) < 4.78 is 3.03. The molecule has 44 heavy (non-hydrogen) atoms. The van der Waals surface area contributed by atoms with E-state index in [-0.39, 0.29) is 22.9 Å². The maximum absolute atomic E-state index is 13.6. The third-order valence-corrected chi connectivity index (χ3v) is 9.07. The van der Waals surface area contributed by atoms with E-state index < -0.39 is 0 Å². The van der Waals surface area contributed by atoms with Gasteiger partial charge in [-0.25, -0.2) is 9.97 Å². The van der Waals surface area contributed by atoms with Crippen LogP contribution in [0.15, 0.2) is 53.7 Å². The van der Waals surface area contributed by atoms with Crippen molar-refractivity contribution in [2.24, 2.45) is 11.8 Å². The lowest BCUT2D eigenvalue weighted by molar-refractivity contribution is -0.106. The van der Waals surface area contributed by atoms with E-state index in [1.54, 1.807) is 0 Å². The second kappa shape index (κ2) is 14.1. The molecule has 1 saturated heterocycles. The number of anilines is 2. The monoisotopic (exact) mass is 617 g/mol. The number of hydrogen-bond acceptors (Lipinski definition) is 9. The van der Waals surface area contributed by atoms with E-state index in [1.807, 2.05) is 43.6 Å². The summed E-state index contributed by atoms with van der Waals surface area (Å²) in [6.45, 7) is 16.5. The van der Waals surface area contributed by atoms with Gasteiger partial charge in [-0.3, -0.25) is 14.5 Å². The topological polar surface area (TPSA) is 112 Å². The Labute approximate surface area is 266 Å². The van der Waals surface area contributed by atoms with Crippen molar-refractivity contribution in [3.05, 3.63) is 71.2 Å². The predicted octanol–water partition coefficient (Wildman–Crippen LogP) is 6.33. The molecule has 3 unspecified atom stereocenters. The fraction of sp³-hybridized carbons (Fsp3) is 0.500. The lowest BCUT2D eigenvalue weighted by Crippen LogP contribution is -2.40. The minimum absolute atomic E-state index is 0.00354. The molecule has 3 atom stereocenters. The molecule has 236 valence electrons. The molecule has 2 aliphatic rings. The first kappa shape index (κ1) is 33.4. The van der Waals surface area contributed by atoms with Crippen LogP contribution in [0.25, 0.3) is 0 Å². The SMILES string of the molecule is CC=O.CNCc1ccc(C2CC(C)C3CN(c4nc(C(C)(C)C)ccc4C(=O)NSc4cccc(n4)N2)C(C)(C)C3)nc1. The summed E-state index contributed by atoms with van der Waals surface area (Å²) in [7, 11) is 1.94. The number of pyridine rings is 3. The maximum atomic E-state index is 13.6. The molecule has 1 amide bonds. The van der Waals surface area contributed by atoms with E-state index in [0.29, 0.717) is 22.4 Å². The van der Waals surface area contributed by atoms with Gasteiger partial charge in [0.1, 0.15) is 22.9 Å². The highest BCUT2D eigenvalue weighted by Crippen LogP contribution is 2.43. The van der Waals surface area contributed by atoms with Gasteiger partial charge in [0.05, 0.1) is 17.3 Å². The molecule has 0 radical (unpaired) electrons. The van der Waals surface area contributed by atoms with Gasteiger partial charge >= 0.3 is 0 Å². The number of rotatable bonds is 3. The number of aldehydes is 1. The third-order valence-electron chi connectivity index (χ3n) is 8.35. The van der Waals surface area contributed by atoms with E-state index in [1.165, 1.54) is 18.9 Å². The summed E-state index contributed by atoms with van der Waals surface area (Å²) in [6.07, 6.45) is 4.63. The molecular formula is C34H47N7O2S. The number of nitrogens with zero attached hydrogens (tertiary/aromatic N) is 4. The zero-order valence-electron chi connectivity index (χ0n) is 27.3. The second-order valence-corrected chi connectivity index (χ2v) is 14.2. The zero-order chi connectivity index (χ0) is 32.1. The number of hydrogen-bond donors (Lipinski definition) is 3. The summed E-state index contributed by atoms with van der Waals surface area (Å²) in [6, 6.07) is 14.0. The Hall–Kier alpha value is -3.50. The average molecular weight is 618 g/mol. The normalized spacial score (nSPS) is 21.4. The van der Waals surface area contributed by atoms with Crippen LogP contribution in [0.5, 0.6) is 0 Å². The highest BCUT2D eigenvalue weighted by atomic mass is 32.2. The van der Waals surface area contributed by atoms with Gasteiger partial charge in [-0.05, 0) is 88.4 Å². The summed E-state index contributed by atoms with van der Waals surface area (Å²) in [5, 5.41) is 7.59. The van der Waals surface area contributed by atoms with Crippen LogP contribution in [0, 0.1) is 11.8 Å². The lowest BCUT2D eigenvalue weighted by atomic mass is 9.83. The summed E-state index contributed by atoms with van der Waals surface area (Å²) in [4.78, 5) is 39.6.